The highest BCUT2D eigenvalue weighted by atomic mass is 35.5. The molecule has 2 saturated carbocycles. The standard InChI is InChI=1S/C24H23ClFN3O/c25-18-1-4-23(28-13-18)29-24(30)9-14-7-15-10-17(11-16(15)8-14)20-5-6-27-22-3-2-19(26)12-21(20)22/h1-6,12-17H,7-11H2,(H,28,29,30)/t14?,15-,16+,17?. The summed E-state index contributed by atoms with van der Waals surface area (Å²) >= 11 is 5.84. The monoisotopic (exact) mass is 423 g/mol. The summed E-state index contributed by atoms with van der Waals surface area (Å²) in [5.74, 6) is 2.48. The van der Waals surface area contributed by atoms with Gasteiger partial charge in [0.15, 0.2) is 0 Å². The van der Waals surface area contributed by atoms with E-state index in [1.807, 2.05) is 6.20 Å². The Kier molecular flexibility index (Phi) is 5.15. The first kappa shape index (κ1) is 19.4. The van der Waals surface area contributed by atoms with Crippen molar-refractivity contribution in [1.29, 1.82) is 0 Å². The lowest BCUT2D eigenvalue weighted by Gasteiger charge is -2.17. The fourth-order valence-corrected chi connectivity index (χ4v) is 5.68. The highest BCUT2D eigenvalue weighted by Crippen LogP contribution is 2.53. The molecule has 1 amide bonds. The maximum atomic E-state index is 13.8. The number of fused-ring (bicyclic) bond motifs is 2. The summed E-state index contributed by atoms with van der Waals surface area (Å²) in [6.45, 7) is 0. The van der Waals surface area contributed by atoms with Crippen molar-refractivity contribution in [2.45, 2.75) is 38.0 Å². The Morgan fingerprint density at radius 2 is 1.87 bits per heavy atom. The second-order valence-electron chi connectivity index (χ2n) is 8.70. The van der Waals surface area contributed by atoms with Crippen LogP contribution in [-0.2, 0) is 4.79 Å². The molecule has 2 unspecified atom stereocenters. The lowest BCUT2D eigenvalue weighted by molar-refractivity contribution is -0.117. The molecule has 6 heteroatoms. The van der Waals surface area contributed by atoms with Crippen LogP contribution in [0, 0.1) is 23.6 Å². The van der Waals surface area contributed by atoms with Gasteiger partial charge in [0.2, 0.25) is 5.91 Å². The van der Waals surface area contributed by atoms with Gasteiger partial charge in [0.05, 0.1) is 10.5 Å². The molecule has 4 nitrogen and oxygen atoms in total. The van der Waals surface area contributed by atoms with Crippen LogP contribution >= 0.6 is 11.6 Å². The largest absolute Gasteiger partial charge is 0.311 e. The zero-order valence-corrected chi connectivity index (χ0v) is 17.3. The van der Waals surface area contributed by atoms with Crippen molar-refractivity contribution in [3.8, 4) is 0 Å². The van der Waals surface area contributed by atoms with E-state index in [0.29, 0.717) is 40.9 Å². The van der Waals surface area contributed by atoms with Crippen LogP contribution in [0.1, 0.15) is 43.6 Å². The molecule has 2 aliphatic rings. The van der Waals surface area contributed by atoms with Gasteiger partial charge in [0.1, 0.15) is 11.6 Å². The predicted octanol–water partition coefficient (Wildman–Crippen LogP) is 5.97. The lowest BCUT2D eigenvalue weighted by atomic mass is 9.89. The molecule has 0 saturated heterocycles. The predicted molar refractivity (Wildman–Crippen MR) is 116 cm³/mol. The number of amides is 1. The number of hydrogen-bond acceptors (Lipinski definition) is 3. The Bertz CT molecular complexity index is 1070. The van der Waals surface area contributed by atoms with E-state index >= 15 is 0 Å². The Morgan fingerprint density at radius 3 is 2.60 bits per heavy atom. The minimum atomic E-state index is -0.212. The number of carbonyl (C=O) groups excluding carboxylic acids is 1. The summed E-state index contributed by atoms with van der Waals surface area (Å²) in [7, 11) is 0. The first-order chi connectivity index (χ1) is 14.5. The second kappa shape index (κ2) is 7.95. The number of rotatable bonds is 4. The Hall–Kier alpha value is -2.53. The summed E-state index contributed by atoms with van der Waals surface area (Å²) in [5, 5.41) is 4.36. The molecule has 1 aromatic carbocycles. The van der Waals surface area contributed by atoms with Crippen LogP contribution < -0.4 is 5.32 Å². The van der Waals surface area contributed by atoms with Gasteiger partial charge >= 0.3 is 0 Å². The van der Waals surface area contributed by atoms with E-state index in [0.717, 1.165) is 36.6 Å². The number of aromatic nitrogens is 2. The van der Waals surface area contributed by atoms with E-state index in [1.54, 1.807) is 24.3 Å². The van der Waals surface area contributed by atoms with Crippen LogP contribution in [0.25, 0.3) is 10.9 Å². The van der Waals surface area contributed by atoms with Crippen molar-refractivity contribution in [2.24, 2.45) is 17.8 Å². The molecule has 2 fully saturated rings. The summed E-state index contributed by atoms with van der Waals surface area (Å²) in [6.07, 6.45) is 8.28. The number of nitrogens with one attached hydrogen (secondary N) is 1. The number of benzene rings is 1. The molecule has 1 N–H and O–H groups in total. The molecule has 0 aliphatic heterocycles. The van der Waals surface area contributed by atoms with Gasteiger partial charge in [-0.25, -0.2) is 9.37 Å². The molecule has 3 aromatic rings. The number of pyridine rings is 2. The Labute approximate surface area is 179 Å². The van der Waals surface area contributed by atoms with E-state index in [2.05, 4.69) is 21.4 Å². The molecule has 2 heterocycles. The SMILES string of the molecule is O=C(CC1C[C@@H]2CC(c3ccnc4ccc(F)cc34)C[C@@H]2C1)Nc1ccc(Cl)cn1. The molecule has 0 bridgehead atoms. The fourth-order valence-electron chi connectivity index (χ4n) is 5.56. The Balaban J connectivity index is 1.21. The van der Waals surface area contributed by atoms with Crippen molar-refractivity contribution < 1.29 is 9.18 Å². The van der Waals surface area contributed by atoms with Crippen LogP contribution in [0.15, 0.2) is 48.8 Å². The van der Waals surface area contributed by atoms with E-state index in [4.69, 9.17) is 11.6 Å². The molecule has 0 spiro atoms. The zero-order valence-electron chi connectivity index (χ0n) is 16.5. The number of hydrogen-bond donors (Lipinski definition) is 1. The topological polar surface area (TPSA) is 54.9 Å². The molecule has 154 valence electrons. The summed E-state index contributed by atoms with van der Waals surface area (Å²) in [5.41, 5.74) is 2.08. The van der Waals surface area contributed by atoms with E-state index < -0.39 is 0 Å². The van der Waals surface area contributed by atoms with Crippen molar-refractivity contribution >= 4 is 34.2 Å². The minimum absolute atomic E-state index is 0.0157. The van der Waals surface area contributed by atoms with Crippen molar-refractivity contribution in [3.05, 3.63) is 65.2 Å². The summed E-state index contributed by atoms with van der Waals surface area (Å²) < 4.78 is 13.8. The number of carbonyl (C=O) groups is 1. The molecule has 4 atom stereocenters. The van der Waals surface area contributed by atoms with Gasteiger partial charge in [0, 0.05) is 24.2 Å². The van der Waals surface area contributed by atoms with Crippen LogP contribution in [-0.4, -0.2) is 15.9 Å². The molecular formula is C24H23ClFN3O. The average Bonchev–Trinajstić information content (AvgIpc) is 3.27. The van der Waals surface area contributed by atoms with Gasteiger partial charge in [-0.2, -0.15) is 0 Å². The fraction of sp³-hybridized carbons (Fsp3) is 0.375. The van der Waals surface area contributed by atoms with Gasteiger partial charge in [0.25, 0.3) is 0 Å². The van der Waals surface area contributed by atoms with Gasteiger partial charge in [-0.15, -0.1) is 0 Å². The number of anilines is 1. The van der Waals surface area contributed by atoms with Gasteiger partial charge < -0.3 is 5.32 Å². The van der Waals surface area contributed by atoms with Crippen LogP contribution in [0.4, 0.5) is 10.2 Å². The number of nitrogens with zero attached hydrogens (tertiary/aromatic N) is 2. The van der Waals surface area contributed by atoms with Crippen molar-refractivity contribution in [3.63, 3.8) is 0 Å². The summed E-state index contributed by atoms with van der Waals surface area (Å²) in [6, 6.07) is 10.3. The Morgan fingerprint density at radius 1 is 1.07 bits per heavy atom. The quantitative estimate of drug-likeness (QED) is 0.562. The van der Waals surface area contributed by atoms with E-state index in [1.165, 1.54) is 17.8 Å². The molecule has 5 rings (SSSR count). The molecule has 0 radical (unpaired) electrons. The highest BCUT2D eigenvalue weighted by molar-refractivity contribution is 6.30. The summed E-state index contributed by atoms with van der Waals surface area (Å²) in [4.78, 5) is 20.9. The van der Waals surface area contributed by atoms with Crippen molar-refractivity contribution in [2.75, 3.05) is 5.32 Å². The van der Waals surface area contributed by atoms with Gasteiger partial charge in [-0.1, -0.05) is 11.6 Å². The highest BCUT2D eigenvalue weighted by Gasteiger charge is 2.42. The number of halogens is 2. The van der Waals surface area contributed by atoms with Crippen LogP contribution in [0.5, 0.6) is 0 Å². The van der Waals surface area contributed by atoms with Crippen LogP contribution in [0.2, 0.25) is 5.02 Å². The molecular weight excluding hydrogens is 401 g/mol. The average molecular weight is 424 g/mol. The lowest BCUT2D eigenvalue weighted by Crippen LogP contribution is -2.16. The third kappa shape index (κ3) is 3.91. The second-order valence-corrected chi connectivity index (χ2v) is 9.14. The first-order valence-electron chi connectivity index (χ1n) is 10.5. The normalized spacial score (nSPS) is 25.4. The minimum Gasteiger partial charge on any atom is -0.311 e. The molecule has 2 aliphatic carbocycles. The third-order valence-corrected chi connectivity index (χ3v) is 6.98. The van der Waals surface area contributed by atoms with Gasteiger partial charge in [-0.05, 0) is 91.3 Å². The van der Waals surface area contributed by atoms with Crippen molar-refractivity contribution in [1.82, 2.24) is 9.97 Å². The van der Waals surface area contributed by atoms with E-state index in [-0.39, 0.29) is 11.7 Å². The third-order valence-electron chi connectivity index (χ3n) is 6.76. The van der Waals surface area contributed by atoms with Gasteiger partial charge in [-0.3, -0.25) is 9.78 Å². The van der Waals surface area contributed by atoms with E-state index in [9.17, 15) is 9.18 Å². The molecule has 2 aromatic heterocycles. The van der Waals surface area contributed by atoms with Crippen LogP contribution in [0.3, 0.4) is 0 Å². The maximum Gasteiger partial charge on any atom is 0.225 e. The zero-order chi connectivity index (χ0) is 20.7. The molecule has 30 heavy (non-hydrogen) atoms. The first-order valence-corrected chi connectivity index (χ1v) is 10.9. The maximum absolute atomic E-state index is 13.8. The smallest absolute Gasteiger partial charge is 0.225 e.